The van der Waals surface area contributed by atoms with Crippen molar-refractivity contribution in [1.29, 1.82) is 0 Å². The van der Waals surface area contributed by atoms with E-state index in [1.165, 1.54) is 24.0 Å². The molecule has 0 amide bonds. The molecule has 1 saturated heterocycles. The smallest absolute Gasteiger partial charge is 0.162 e. The van der Waals surface area contributed by atoms with E-state index in [-0.39, 0.29) is 5.78 Å². The van der Waals surface area contributed by atoms with Gasteiger partial charge in [0, 0.05) is 17.9 Å². The predicted octanol–water partition coefficient (Wildman–Crippen LogP) is 6.59. The lowest BCUT2D eigenvalue weighted by molar-refractivity contribution is 0.0969. The summed E-state index contributed by atoms with van der Waals surface area (Å²) in [5.41, 5.74) is 3.62. The maximum absolute atomic E-state index is 12.6. The number of carbonyl (C=O) groups is 1. The molecule has 172 valence electrons. The van der Waals surface area contributed by atoms with Crippen molar-refractivity contribution in [1.82, 2.24) is 4.90 Å². The van der Waals surface area contributed by atoms with Crippen LogP contribution in [0.15, 0.2) is 84.9 Å². The number of ketones is 1. The highest BCUT2D eigenvalue weighted by atomic mass is 16.5. The minimum absolute atomic E-state index is 0.223. The number of nitrogens with zero attached hydrogens (tertiary/aromatic N) is 1. The van der Waals surface area contributed by atoms with Crippen LogP contribution in [0.25, 0.3) is 0 Å². The molecule has 0 N–H and O–H groups in total. The summed E-state index contributed by atoms with van der Waals surface area (Å²) in [6.07, 6.45) is 3.91. The first-order valence-corrected chi connectivity index (χ1v) is 12.3. The van der Waals surface area contributed by atoms with Gasteiger partial charge in [0.25, 0.3) is 0 Å². The summed E-state index contributed by atoms with van der Waals surface area (Å²) in [5.74, 6) is 2.15. The van der Waals surface area contributed by atoms with E-state index in [4.69, 9.17) is 4.74 Å². The summed E-state index contributed by atoms with van der Waals surface area (Å²) in [6, 6.07) is 29.5. The van der Waals surface area contributed by atoms with Gasteiger partial charge in [-0.05, 0) is 87.1 Å². The lowest BCUT2D eigenvalue weighted by Crippen LogP contribution is -2.36. The highest BCUT2D eigenvalue weighted by molar-refractivity contribution is 5.96. The van der Waals surface area contributed by atoms with Gasteiger partial charge in [0.2, 0.25) is 0 Å². The van der Waals surface area contributed by atoms with Crippen molar-refractivity contribution in [3.63, 3.8) is 0 Å². The van der Waals surface area contributed by atoms with Crippen LogP contribution in [0.3, 0.4) is 0 Å². The van der Waals surface area contributed by atoms with Crippen LogP contribution in [0.2, 0.25) is 0 Å². The Kier molecular flexibility index (Phi) is 8.32. The van der Waals surface area contributed by atoms with Crippen molar-refractivity contribution in [2.24, 2.45) is 5.92 Å². The minimum Gasteiger partial charge on any atom is -0.494 e. The standard InChI is InChI=1S/C30H35NO2/c1-2-33-28-17-15-24(16-18-28)29(32)14-9-21-31-22-19-27(20-23-31)30(25-10-5-3-6-11-25)26-12-7-4-8-13-26/h3-8,10-13,15-18,27,30H,2,9,14,19-23H2,1H3. The molecule has 3 aromatic rings. The van der Waals surface area contributed by atoms with Crippen LogP contribution in [0.4, 0.5) is 0 Å². The molecule has 0 radical (unpaired) electrons. The third-order valence-electron chi connectivity index (χ3n) is 6.79. The number of benzene rings is 3. The fourth-order valence-electron chi connectivity index (χ4n) is 5.08. The van der Waals surface area contributed by atoms with Gasteiger partial charge in [-0.2, -0.15) is 0 Å². The fraction of sp³-hybridized carbons (Fsp3) is 0.367. The van der Waals surface area contributed by atoms with E-state index < -0.39 is 0 Å². The van der Waals surface area contributed by atoms with Gasteiger partial charge < -0.3 is 9.64 Å². The zero-order valence-electron chi connectivity index (χ0n) is 19.7. The average molecular weight is 442 g/mol. The molecule has 0 aliphatic carbocycles. The number of ether oxygens (including phenoxy) is 1. The fourth-order valence-corrected chi connectivity index (χ4v) is 5.08. The van der Waals surface area contributed by atoms with Crippen molar-refractivity contribution >= 4 is 5.78 Å². The van der Waals surface area contributed by atoms with E-state index >= 15 is 0 Å². The quantitative estimate of drug-likeness (QED) is 0.332. The highest BCUT2D eigenvalue weighted by Crippen LogP contribution is 2.37. The third-order valence-corrected chi connectivity index (χ3v) is 6.79. The van der Waals surface area contributed by atoms with Crippen molar-refractivity contribution in [2.45, 2.75) is 38.5 Å². The van der Waals surface area contributed by atoms with Crippen LogP contribution in [-0.4, -0.2) is 36.9 Å². The Morgan fingerprint density at radius 3 is 2.00 bits per heavy atom. The molecule has 0 saturated carbocycles. The molecule has 0 spiro atoms. The van der Waals surface area contributed by atoms with E-state index in [1.54, 1.807) is 0 Å². The van der Waals surface area contributed by atoms with Gasteiger partial charge in [-0.3, -0.25) is 4.79 Å². The van der Waals surface area contributed by atoms with Gasteiger partial charge in [-0.25, -0.2) is 0 Å². The summed E-state index contributed by atoms with van der Waals surface area (Å²) < 4.78 is 5.46. The zero-order chi connectivity index (χ0) is 22.9. The van der Waals surface area contributed by atoms with Crippen LogP contribution in [0.1, 0.15) is 60.0 Å². The second-order valence-electron chi connectivity index (χ2n) is 8.96. The van der Waals surface area contributed by atoms with E-state index in [0.29, 0.717) is 24.9 Å². The summed E-state index contributed by atoms with van der Waals surface area (Å²) in [6.45, 7) is 5.82. The molecule has 1 fully saturated rings. The minimum atomic E-state index is 0.223. The summed E-state index contributed by atoms with van der Waals surface area (Å²) in [7, 11) is 0. The molecule has 0 aromatic heterocycles. The van der Waals surface area contributed by atoms with Gasteiger partial charge in [0.1, 0.15) is 5.75 Å². The average Bonchev–Trinajstić information content (AvgIpc) is 2.87. The van der Waals surface area contributed by atoms with Crippen molar-refractivity contribution in [2.75, 3.05) is 26.2 Å². The second kappa shape index (κ2) is 11.8. The maximum Gasteiger partial charge on any atom is 0.162 e. The molecule has 4 rings (SSSR count). The Morgan fingerprint density at radius 2 is 1.45 bits per heavy atom. The van der Waals surface area contributed by atoms with Gasteiger partial charge >= 0.3 is 0 Å². The Hall–Kier alpha value is -2.91. The third kappa shape index (κ3) is 6.33. The van der Waals surface area contributed by atoms with Gasteiger partial charge in [0.15, 0.2) is 5.78 Å². The number of carbonyl (C=O) groups excluding carboxylic acids is 1. The molecular formula is C30H35NO2. The molecule has 0 atom stereocenters. The number of hydrogen-bond donors (Lipinski definition) is 0. The first kappa shape index (κ1) is 23.3. The number of hydrogen-bond acceptors (Lipinski definition) is 3. The molecule has 0 bridgehead atoms. The highest BCUT2D eigenvalue weighted by Gasteiger charge is 2.28. The molecule has 33 heavy (non-hydrogen) atoms. The normalized spacial score (nSPS) is 15.0. The number of Topliss-reactive ketones (excluding diaryl/α,β-unsaturated/α-hetero) is 1. The SMILES string of the molecule is CCOc1ccc(C(=O)CCCN2CCC(C(c3ccccc3)c3ccccc3)CC2)cc1. The van der Waals surface area contributed by atoms with Crippen molar-refractivity contribution in [3.05, 3.63) is 102 Å². The molecule has 1 heterocycles. The molecular weight excluding hydrogens is 406 g/mol. The first-order valence-electron chi connectivity index (χ1n) is 12.3. The first-order chi connectivity index (χ1) is 16.2. The molecule has 3 nitrogen and oxygen atoms in total. The lowest BCUT2D eigenvalue weighted by Gasteiger charge is -2.36. The van der Waals surface area contributed by atoms with Crippen LogP contribution >= 0.6 is 0 Å². The Balaban J connectivity index is 1.28. The van der Waals surface area contributed by atoms with Gasteiger partial charge in [-0.15, -0.1) is 0 Å². The zero-order valence-corrected chi connectivity index (χ0v) is 19.7. The Labute approximate surface area is 198 Å². The number of likely N-dealkylation sites (tertiary alicyclic amines) is 1. The van der Waals surface area contributed by atoms with Crippen LogP contribution in [0, 0.1) is 5.92 Å². The van der Waals surface area contributed by atoms with Crippen molar-refractivity contribution in [3.8, 4) is 5.75 Å². The summed E-state index contributed by atoms with van der Waals surface area (Å²) in [4.78, 5) is 15.1. The van der Waals surface area contributed by atoms with Crippen LogP contribution in [0.5, 0.6) is 5.75 Å². The second-order valence-corrected chi connectivity index (χ2v) is 8.96. The molecule has 1 aliphatic heterocycles. The molecule has 1 aliphatic rings. The van der Waals surface area contributed by atoms with Gasteiger partial charge in [-0.1, -0.05) is 60.7 Å². The van der Waals surface area contributed by atoms with Gasteiger partial charge in [0.05, 0.1) is 6.61 Å². The largest absolute Gasteiger partial charge is 0.494 e. The lowest BCUT2D eigenvalue weighted by atomic mass is 9.76. The van der Waals surface area contributed by atoms with Crippen LogP contribution < -0.4 is 4.74 Å². The summed E-state index contributed by atoms with van der Waals surface area (Å²) in [5, 5.41) is 0. The van der Waals surface area contributed by atoms with E-state index in [2.05, 4.69) is 65.6 Å². The number of rotatable bonds is 10. The Bertz CT molecular complexity index is 937. The maximum atomic E-state index is 12.6. The van der Waals surface area contributed by atoms with Crippen LogP contribution in [-0.2, 0) is 0 Å². The monoisotopic (exact) mass is 441 g/mol. The van der Waals surface area contributed by atoms with Crippen molar-refractivity contribution < 1.29 is 9.53 Å². The molecule has 3 heteroatoms. The predicted molar refractivity (Wildman–Crippen MR) is 135 cm³/mol. The summed E-state index contributed by atoms with van der Waals surface area (Å²) >= 11 is 0. The van der Waals surface area contributed by atoms with E-state index in [0.717, 1.165) is 37.4 Å². The Morgan fingerprint density at radius 1 is 0.879 bits per heavy atom. The topological polar surface area (TPSA) is 29.5 Å². The van der Waals surface area contributed by atoms with E-state index in [1.807, 2.05) is 31.2 Å². The number of piperidine rings is 1. The molecule has 0 unspecified atom stereocenters. The molecule has 3 aromatic carbocycles. The van der Waals surface area contributed by atoms with E-state index in [9.17, 15) is 4.79 Å².